The Morgan fingerprint density at radius 2 is 2.38 bits per heavy atom. The number of hydrogen-bond acceptors (Lipinski definition) is 2. The van der Waals surface area contributed by atoms with E-state index in [1.807, 2.05) is 0 Å². The Kier molecular flexibility index (Phi) is 4.16. The second-order valence-electron chi connectivity index (χ2n) is 3.39. The highest BCUT2D eigenvalue weighted by atomic mass is 32.1. The van der Waals surface area contributed by atoms with Gasteiger partial charge >= 0.3 is 0 Å². The molecule has 0 aliphatic carbocycles. The van der Waals surface area contributed by atoms with Crippen molar-refractivity contribution >= 4 is 17.1 Å². The maximum Gasteiger partial charge on any atom is 0.132 e. The summed E-state index contributed by atoms with van der Waals surface area (Å²) in [5.41, 5.74) is 1.37. The molecule has 13 heavy (non-hydrogen) atoms. The summed E-state index contributed by atoms with van der Waals surface area (Å²) in [6.07, 6.45) is 3.02. The lowest BCUT2D eigenvalue weighted by Crippen LogP contribution is -2.10. The molecule has 1 rings (SSSR count). The Morgan fingerprint density at radius 1 is 1.62 bits per heavy atom. The zero-order valence-corrected chi connectivity index (χ0v) is 9.06. The van der Waals surface area contributed by atoms with Gasteiger partial charge in [0.25, 0.3) is 0 Å². The molecule has 2 heteroatoms. The lowest BCUT2D eigenvalue weighted by atomic mass is 9.95. The van der Waals surface area contributed by atoms with E-state index in [1.54, 1.807) is 18.3 Å². The van der Waals surface area contributed by atoms with E-state index in [-0.39, 0.29) is 5.92 Å². The maximum atomic E-state index is 11.1. The van der Waals surface area contributed by atoms with Crippen molar-refractivity contribution in [2.75, 3.05) is 0 Å². The molecule has 1 unspecified atom stereocenters. The zero-order valence-electron chi connectivity index (χ0n) is 8.25. The van der Waals surface area contributed by atoms with Gasteiger partial charge in [0.15, 0.2) is 0 Å². The molecule has 0 N–H and O–H groups in total. The van der Waals surface area contributed by atoms with Gasteiger partial charge in [0, 0.05) is 5.92 Å². The molecule has 0 bridgehead atoms. The van der Waals surface area contributed by atoms with Crippen molar-refractivity contribution in [3.8, 4) is 0 Å². The van der Waals surface area contributed by atoms with Gasteiger partial charge in [-0.2, -0.15) is 11.3 Å². The van der Waals surface area contributed by atoms with E-state index in [2.05, 4.69) is 23.8 Å². The summed E-state index contributed by atoms with van der Waals surface area (Å²) >= 11 is 1.72. The lowest BCUT2D eigenvalue weighted by molar-refractivity contribution is -0.121. The molecule has 1 aromatic heterocycles. The molecule has 0 spiro atoms. The third kappa shape index (κ3) is 3.31. The maximum absolute atomic E-state index is 11.1. The summed E-state index contributed by atoms with van der Waals surface area (Å²) in [6.45, 7) is 3.78. The Bertz CT molecular complexity index is 251. The molecular weight excluding hydrogens is 180 g/mol. The summed E-state index contributed by atoms with van der Waals surface area (Å²) in [5.74, 6) is 0.595. The molecule has 1 atom stereocenters. The molecule has 0 saturated carbocycles. The molecule has 72 valence electrons. The number of aryl methyl sites for hydroxylation is 1. The van der Waals surface area contributed by atoms with Crippen molar-refractivity contribution in [3.05, 3.63) is 22.4 Å². The SMILES string of the molecule is CCC(CCc1ccsc1)C(C)=O. The zero-order chi connectivity index (χ0) is 9.68. The van der Waals surface area contributed by atoms with Gasteiger partial charge in [0.05, 0.1) is 0 Å². The van der Waals surface area contributed by atoms with Crippen LogP contribution in [0, 0.1) is 5.92 Å². The van der Waals surface area contributed by atoms with Gasteiger partial charge < -0.3 is 0 Å². The molecule has 1 heterocycles. The minimum Gasteiger partial charge on any atom is -0.300 e. The predicted octanol–water partition coefficient (Wildman–Crippen LogP) is 3.30. The van der Waals surface area contributed by atoms with Crippen LogP contribution < -0.4 is 0 Å². The highest BCUT2D eigenvalue weighted by Crippen LogP contribution is 2.15. The number of Topliss-reactive ketones (excluding diaryl/α,β-unsaturated/α-hetero) is 1. The first-order valence-corrected chi connectivity index (χ1v) is 5.69. The Hall–Kier alpha value is -0.630. The van der Waals surface area contributed by atoms with Gasteiger partial charge in [-0.25, -0.2) is 0 Å². The third-order valence-corrected chi connectivity index (χ3v) is 3.16. The third-order valence-electron chi connectivity index (χ3n) is 2.43. The average Bonchev–Trinajstić information content (AvgIpc) is 2.57. The van der Waals surface area contributed by atoms with Crippen molar-refractivity contribution in [1.29, 1.82) is 0 Å². The van der Waals surface area contributed by atoms with Gasteiger partial charge in [0.2, 0.25) is 0 Å². The first-order chi connectivity index (χ1) is 6.24. The van der Waals surface area contributed by atoms with E-state index in [9.17, 15) is 4.79 Å². The van der Waals surface area contributed by atoms with Crippen LogP contribution >= 0.6 is 11.3 Å². The fraction of sp³-hybridized carbons (Fsp3) is 0.545. The highest BCUT2D eigenvalue weighted by molar-refractivity contribution is 7.07. The van der Waals surface area contributed by atoms with E-state index >= 15 is 0 Å². The number of carbonyl (C=O) groups excluding carboxylic acids is 1. The van der Waals surface area contributed by atoms with Crippen molar-refractivity contribution in [2.45, 2.75) is 33.1 Å². The van der Waals surface area contributed by atoms with Gasteiger partial charge in [0.1, 0.15) is 5.78 Å². The van der Waals surface area contributed by atoms with Crippen LogP contribution in [0.25, 0.3) is 0 Å². The molecule has 1 aromatic rings. The van der Waals surface area contributed by atoms with Crippen LogP contribution in [0.2, 0.25) is 0 Å². The highest BCUT2D eigenvalue weighted by Gasteiger charge is 2.11. The van der Waals surface area contributed by atoms with Gasteiger partial charge in [-0.05, 0) is 48.6 Å². The van der Waals surface area contributed by atoms with E-state index in [0.717, 1.165) is 19.3 Å². The van der Waals surface area contributed by atoms with Crippen LogP contribution in [-0.4, -0.2) is 5.78 Å². The summed E-state index contributed by atoms with van der Waals surface area (Å²) in [6, 6.07) is 2.14. The summed E-state index contributed by atoms with van der Waals surface area (Å²) in [4.78, 5) is 11.1. The molecule has 0 aliphatic heterocycles. The molecule has 0 saturated heterocycles. The summed E-state index contributed by atoms with van der Waals surface area (Å²) in [7, 11) is 0. The van der Waals surface area contributed by atoms with E-state index in [1.165, 1.54) is 5.56 Å². The van der Waals surface area contributed by atoms with Crippen molar-refractivity contribution in [1.82, 2.24) is 0 Å². The Balaban J connectivity index is 2.36. The molecule has 0 aliphatic rings. The monoisotopic (exact) mass is 196 g/mol. The normalized spacial score (nSPS) is 12.8. The van der Waals surface area contributed by atoms with Crippen molar-refractivity contribution < 1.29 is 4.79 Å². The molecule has 0 fully saturated rings. The number of hydrogen-bond donors (Lipinski definition) is 0. The molecule has 0 aromatic carbocycles. The van der Waals surface area contributed by atoms with Crippen molar-refractivity contribution in [2.24, 2.45) is 5.92 Å². The van der Waals surface area contributed by atoms with Crippen LogP contribution in [0.15, 0.2) is 16.8 Å². The van der Waals surface area contributed by atoms with Crippen LogP contribution in [0.5, 0.6) is 0 Å². The molecular formula is C11H16OS. The van der Waals surface area contributed by atoms with E-state index in [0.29, 0.717) is 5.78 Å². The van der Waals surface area contributed by atoms with Crippen LogP contribution in [-0.2, 0) is 11.2 Å². The number of rotatable bonds is 5. The fourth-order valence-electron chi connectivity index (χ4n) is 1.47. The lowest BCUT2D eigenvalue weighted by Gasteiger charge is -2.09. The molecule has 1 nitrogen and oxygen atoms in total. The standard InChI is InChI=1S/C11H16OS/c1-3-11(9(2)12)5-4-10-6-7-13-8-10/h6-8,11H,3-5H2,1-2H3. The number of ketones is 1. The number of carbonyl (C=O) groups is 1. The minimum atomic E-state index is 0.264. The first kappa shape index (κ1) is 10.5. The Labute approximate surface area is 83.8 Å². The Morgan fingerprint density at radius 3 is 2.85 bits per heavy atom. The van der Waals surface area contributed by atoms with Crippen LogP contribution in [0.1, 0.15) is 32.3 Å². The second-order valence-corrected chi connectivity index (χ2v) is 4.17. The largest absolute Gasteiger partial charge is 0.300 e. The van der Waals surface area contributed by atoms with Gasteiger partial charge in [-0.1, -0.05) is 6.92 Å². The predicted molar refractivity (Wildman–Crippen MR) is 57.1 cm³/mol. The number of thiophene rings is 1. The molecule has 0 radical (unpaired) electrons. The first-order valence-electron chi connectivity index (χ1n) is 4.75. The smallest absolute Gasteiger partial charge is 0.132 e. The average molecular weight is 196 g/mol. The van der Waals surface area contributed by atoms with Crippen molar-refractivity contribution in [3.63, 3.8) is 0 Å². The second kappa shape index (κ2) is 5.18. The summed E-state index contributed by atoms with van der Waals surface area (Å²) < 4.78 is 0. The summed E-state index contributed by atoms with van der Waals surface area (Å²) in [5, 5.41) is 4.25. The van der Waals surface area contributed by atoms with Gasteiger partial charge in [-0.15, -0.1) is 0 Å². The fourth-order valence-corrected chi connectivity index (χ4v) is 2.17. The van der Waals surface area contributed by atoms with E-state index < -0.39 is 0 Å². The topological polar surface area (TPSA) is 17.1 Å². The minimum absolute atomic E-state index is 0.264. The van der Waals surface area contributed by atoms with Crippen LogP contribution in [0.4, 0.5) is 0 Å². The molecule has 0 amide bonds. The quantitative estimate of drug-likeness (QED) is 0.706. The van der Waals surface area contributed by atoms with E-state index in [4.69, 9.17) is 0 Å². The van der Waals surface area contributed by atoms with Gasteiger partial charge in [-0.3, -0.25) is 4.79 Å². The van der Waals surface area contributed by atoms with Crippen LogP contribution in [0.3, 0.4) is 0 Å².